The summed E-state index contributed by atoms with van der Waals surface area (Å²) in [6.07, 6.45) is 0.408. The molecule has 3 rings (SSSR count). The molecule has 26 heavy (non-hydrogen) atoms. The zero-order chi connectivity index (χ0) is 18.7. The van der Waals surface area contributed by atoms with Gasteiger partial charge in [0.2, 0.25) is 5.91 Å². The predicted molar refractivity (Wildman–Crippen MR) is 104 cm³/mol. The normalized spacial score (nSPS) is 16.9. The number of aromatic nitrogens is 1. The highest BCUT2D eigenvalue weighted by Crippen LogP contribution is 2.38. The van der Waals surface area contributed by atoms with Crippen LogP contribution in [0, 0.1) is 0 Å². The number of nitrogen functional groups attached to an aromatic ring is 1. The van der Waals surface area contributed by atoms with Gasteiger partial charge in [0, 0.05) is 29.3 Å². The first-order chi connectivity index (χ1) is 12.5. The maximum absolute atomic E-state index is 12.2. The van der Waals surface area contributed by atoms with E-state index in [4.69, 9.17) is 10.5 Å². The number of fused-ring (bicyclic) bond motifs is 1. The first-order valence-electron chi connectivity index (χ1n) is 8.96. The first kappa shape index (κ1) is 18.7. The Hall–Kier alpha value is -2.12. The van der Waals surface area contributed by atoms with Gasteiger partial charge in [-0.2, -0.15) is 0 Å². The second-order valence-corrected chi connectivity index (χ2v) is 7.49. The number of ether oxygens (including phenoxy) is 1. The van der Waals surface area contributed by atoms with Crippen molar-refractivity contribution in [2.24, 2.45) is 0 Å². The van der Waals surface area contributed by atoms with Crippen molar-refractivity contribution in [3.63, 3.8) is 0 Å². The number of benzene rings is 1. The third-order valence-corrected chi connectivity index (χ3v) is 5.94. The highest BCUT2D eigenvalue weighted by molar-refractivity contribution is 7.15. The van der Waals surface area contributed by atoms with E-state index in [1.54, 1.807) is 7.11 Å². The number of carbonyl (C=O) groups is 1. The molecule has 1 aromatic heterocycles. The lowest BCUT2D eigenvalue weighted by molar-refractivity contribution is -0.121. The molecule has 7 heteroatoms. The van der Waals surface area contributed by atoms with Crippen molar-refractivity contribution < 1.29 is 9.53 Å². The van der Waals surface area contributed by atoms with E-state index in [1.807, 2.05) is 12.1 Å². The van der Waals surface area contributed by atoms with Gasteiger partial charge in [0.15, 0.2) is 5.13 Å². The number of thiazole rings is 1. The number of methoxy groups -OCH3 is 1. The van der Waals surface area contributed by atoms with Crippen molar-refractivity contribution in [2.75, 3.05) is 25.9 Å². The van der Waals surface area contributed by atoms with Crippen LogP contribution in [0.5, 0.6) is 5.75 Å². The van der Waals surface area contributed by atoms with E-state index in [-0.39, 0.29) is 11.8 Å². The fourth-order valence-corrected chi connectivity index (χ4v) is 4.39. The molecule has 1 atom stereocenters. The summed E-state index contributed by atoms with van der Waals surface area (Å²) in [6.45, 7) is 7.53. The third kappa shape index (κ3) is 3.83. The molecule has 1 aliphatic rings. The fraction of sp³-hybridized carbons (Fsp3) is 0.474. The zero-order valence-corrected chi connectivity index (χ0v) is 16.4. The smallest absolute Gasteiger partial charge is 0.221 e. The van der Waals surface area contributed by atoms with Crippen molar-refractivity contribution in [1.82, 2.24) is 15.2 Å². The Bertz CT molecular complexity index is 786. The molecule has 1 aliphatic heterocycles. The highest BCUT2D eigenvalue weighted by Gasteiger charge is 2.28. The van der Waals surface area contributed by atoms with Crippen molar-refractivity contribution in [3.05, 3.63) is 39.9 Å². The molecule has 0 radical (unpaired) electrons. The summed E-state index contributed by atoms with van der Waals surface area (Å²) in [6, 6.07) is 6.22. The number of rotatable bonds is 6. The van der Waals surface area contributed by atoms with E-state index in [1.165, 1.54) is 11.3 Å². The van der Waals surface area contributed by atoms with Crippen molar-refractivity contribution in [3.8, 4) is 5.75 Å². The molecule has 0 spiro atoms. The summed E-state index contributed by atoms with van der Waals surface area (Å²) < 4.78 is 5.56. The molecule has 3 N–H and O–H groups in total. The molecule has 0 aliphatic carbocycles. The molecular formula is C19H26N4O2S. The van der Waals surface area contributed by atoms with Gasteiger partial charge in [-0.25, -0.2) is 4.98 Å². The lowest BCUT2D eigenvalue weighted by Crippen LogP contribution is -2.23. The Balaban J connectivity index is 2.01. The van der Waals surface area contributed by atoms with Crippen molar-refractivity contribution >= 4 is 22.4 Å². The van der Waals surface area contributed by atoms with Gasteiger partial charge >= 0.3 is 0 Å². The predicted octanol–water partition coefficient (Wildman–Crippen LogP) is 2.73. The Morgan fingerprint density at radius 1 is 1.38 bits per heavy atom. The summed E-state index contributed by atoms with van der Waals surface area (Å²) >= 11 is 1.48. The van der Waals surface area contributed by atoms with E-state index in [2.05, 4.69) is 35.1 Å². The molecule has 6 nitrogen and oxygen atoms in total. The standard InChI is InChI=1S/C19H26N4O2S/c1-4-23(5-2)11-13-8-12(6-7-16(13)25-3)14-9-17(24)21-10-15-18(14)26-19(20)22-15/h6-8,14H,4-5,9-11H2,1-3H3,(H2,20,22)(H,21,24). The minimum atomic E-state index is -0.0244. The minimum Gasteiger partial charge on any atom is -0.496 e. The van der Waals surface area contributed by atoms with E-state index in [0.717, 1.165) is 47.1 Å². The average molecular weight is 375 g/mol. The molecule has 2 heterocycles. The Labute approximate surface area is 158 Å². The van der Waals surface area contributed by atoms with Gasteiger partial charge in [0.1, 0.15) is 5.75 Å². The van der Waals surface area contributed by atoms with Gasteiger partial charge in [0.05, 0.1) is 19.3 Å². The lowest BCUT2D eigenvalue weighted by atomic mass is 9.92. The number of anilines is 1. The van der Waals surface area contributed by atoms with Crippen LogP contribution < -0.4 is 15.8 Å². The van der Waals surface area contributed by atoms with E-state index < -0.39 is 0 Å². The fourth-order valence-electron chi connectivity index (χ4n) is 3.41. The van der Waals surface area contributed by atoms with Crippen LogP contribution in [0.15, 0.2) is 18.2 Å². The van der Waals surface area contributed by atoms with Gasteiger partial charge in [0.25, 0.3) is 0 Å². The van der Waals surface area contributed by atoms with Gasteiger partial charge < -0.3 is 15.8 Å². The van der Waals surface area contributed by atoms with Crippen LogP contribution in [-0.4, -0.2) is 36.0 Å². The number of hydrogen-bond acceptors (Lipinski definition) is 6. The second kappa shape index (κ2) is 8.05. The SMILES string of the molecule is CCN(CC)Cc1cc(C2CC(=O)NCc3nc(N)sc32)ccc1OC. The number of carbonyl (C=O) groups excluding carboxylic acids is 1. The van der Waals surface area contributed by atoms with Crippen molar-refractivity contribution in [2.45, 2.75) is 39.3 Å². The molecule has 0 saturated heterocycles. The van der Waals surface area contributed by atoms with Gasteiger partial charge in [-0.1, -0.05) is 26.0 Å². The molecule has 2 aromatic rings. The molecule has 1 amide bonds. The second-order valence-electron chi connectivity index (χ2n) is 6.43. The van der Waals surface area contributed by atoms with Gasteiger partial charge in [-0.3, -0.25) is 9.69 Å². The third-order valence-electron chi connectivity index (χ3n) is 4.90. The Morgan fingerprint density at radius 3 is 2.85 bits per heavy atom. The number of nitrogens with zero attached hydrogens (tertiary/aromatic N) is 2. The largest absolute Gasteiger partial charge is 0.496 e. The van der Waals surface area contributed by atoms with Crippen LogP contribution in [0.25, 0.3) is 0 Å². The number of nitrogens with one attached hydrogen (secondary N) is 1. The van der Waals surface area contributed by atoms with Crippen molar-refractivity contribution in [1.29, 1.82) is 0 Å². The zero-order valence-electron chi connectivity index (χ0n) is 15.5. The monoisotopic (exact) mass is 374 g/mol. The van der Waals surface area contributed by atoms with Crippen LogP contribution in [0.3, 0.4) is 0 Å². The summed E-state index contributed by atoms with van der Waals surface area (Å²) in [7, 11) is 1.70. The Morgan fingerprint density at radius 2 is 2.15 bits per heavy atom. The first-order valence-corrected chi connectivity index (χ1v) is 9.78. The number of hydrogen-bond donors (Lipinski definition) is 2. The molecular weight excluding hydrogens is 348 g/mol. The number of nitrogens with two attached hydrogens (primary N) is 1. The van der Waals surface area contributed by atoms with Gasteiger partial charge in [-0.15, -0.1) is 11.3 Å². The number of amides is 1. The summed E-state index contributed by atoms with van der Waals surface area (Å²) in [5.41, 5.74) is 9.05. The molecule has 0 saturated carbocycles. The van der Waals surface area contributed by atoms with E-state index in [0.29, 0.717) is 18.1 Å². The highest BCUT2D eigenvalue weighted by atomic mass is 32.1. The maximum atomic E-state index is 12.2. The van der Waals surface area contributed by atoms with Crippen LogP contribution in [0.4, 0.5) is 5.13 Å². The quantitative estimate of drug-likeness (QED) is 0.813. The van der Waals surface area contributed by atoms with Crippen LogP contribution in [0.1, 0.15) is 47.9 Å². The molecule has 0 bridgehead atoms. The average Bonchev–Trinajstić information content (AvgIpc) is 2.95. The molecule has 0 fully saturated rings. The van der Waals surface area contributed by atoms with Gasteiger partial charge in [-0.05, 0) is 24.7 Å². The van der Waals surface area contributed by atoms with Crippen LogP contribution in [-0.2, 0) is 17.9 Å². The Kier molecular flexibility index (Phi) is 5.78. The topological polar surface area (TPSA) is 80.5 Å². The molecule has 1 aromatic carbocycles. The molecule has 1 unspecified atom stereocenters. The minimum absolute atomic E-state index is 0.0244. The summed E-state index contributed by atoms with van der Waals surface area (Å²) in [5, 5.41) is 3.47. The van der Waals surface area contributed by atoms with Crippen LogP contribution in [0.2, 0.25) is 0 Å². The summed E-state index contributed by atoms with van der Waals surface area (Å²) in [4.78, 5) is 20.0. The van der Waals surface area contributed by atoms with Crippen LogP contribution >= 0.6 is 11.3 Å². The van der Waals surface area contributed by atoms with E-state index >= 15 is 0 Å². The lowest BCUT2D eigenvalue weighted by Gasteiger charge is -2.22. The maximum Gasteiger partial charge on any atom is 0.221 e. The molecule has 140 valence electrons. The van der Waals surface area contributed by atoms with E-state index in [9.17, 15) is 4.79 Å². The summed E-state index contributed by atoms with van der Waals surface area (Å²) in [5.74, 6) is 0.895.